The third kappa shape index (κ3) is 45.7. The van der Waals surface area contributed by atoms with Crippen molar-refractivity contribution >= 4 is 19.8 Å². The van der Waals surface area contributed by atoms with Crippen LogP contribution in [-0.2, 0) is 28.2 Å². The molecule has 0 aliphatic carbocycles. The van der Waals surface area contributed by atoms with Crippen molar-refractivity contribution in [2.75, 3.05) is 13.2 Å². The number of hydrogen-bond acceptors (Lipinski definition) is 6. The zero-order valence-corrected chi connectivity index (χ0v) is 37.3. The van der Waals surface area contributed by atoms with Gasteiger partial charge in [-0.25, -0.2) is 4.57 Å². The molecule has 0 spiro atoms. The summed E-state index contributed by atoms with van der Waals surface area (Å²) in [6.07, 6.45) is 59.8. The van der Waals surface area contributed by atoms with Gasteiger partial charge in [0.25, 0.3) is 0 Å². The molecule has 9 heteroatoms. The van der Waals surface area contributed by atoms with Crippen LogP contribution in [0.25, 0.3) is 0 Å². The normalized spacial score (nSPS) is 13.4. The van der Waals surface area contributed by atoms with Crippen LogP contribution in [-0.4, -0.2) is 41.0 Å². The molecule has 0 saturated heterocycles. The molecule has 330 valence electrons. The highest BCUT2D eigenvalue weighted by molar-refractivity contribution is 7.46. The number of carbonyl (C=O) groups excluding carboxylic acids is 2. The smallest absolute Gasteiger partial charge is 0.462 e. The maximum absolute atomic E-state index is 12.4. The van der Waals surface area contributed by atoms with Crippen LogP contribution in [0.4, 0.5) is 0 Å². The number of hydrogen-bond donors (Lipinski definition) is 2. The van der Waals surface area contributed by atoms with Crippen LogP contribution < -0.4 is 0 Å². The van der Waals surface area contributed by atoms with Crippen LogP contribution in [0.2, 0.25) is 0 Å². The molecule has 0 bridgehead atoms. The SMILES string of the molecule is CC/C=C\C/C=C\C/C=C\C/C=C\CCCCCCCCCCCCC(=O)OC(COC(=O)CCCCCC/C=C\C/C=C\C/C=C\C/C=C\CC)COP(=O)(O)O. The van der Waals surface area contributed by atoms with Crippen molar-refractivity contribution in [2.24, 2.45) is 0 Å². The van der Waals surface area contributed by atoms with Gasteiger partial charge >= 0.3 is 19.8 Å². The number of phosphoric acid groups is 1. The van der Waals surface area contributed by atoms with Crippen LogP contribution in [0.1, 0.15) is 181 Å². The number of carbonyl (C=O) groups is 2. The van der Waals surface area contributed by atoms with E-state index in [0.717, 1.165) is 103 Å². The van der Waals surface area contributed by atoms with E-state index in [1.165, 1.54) is 38.5 Å². The van der Waals surface area contributed by atoms with E-state index >= 15 is 0 Å². The highest BCUT2D eigenvalue weighted by atomic mass is 31.2. The molecular formula is C49H81O8P. The van der Waals surface area contributed by atoms with Crippen LogP contribution in [0.5, 0.6) is 0 Å². The van der Waals surface area contributed by atoms with E-state index in [1.54, 1.807) is 0 Å². The van der Waals surface area contributed by atoms with Crippen molar-refractivity contribution in [1.29, 1.82) is 0 Å². The van der Waals surface area contributed by atoms with Crippen molar-refractivity contribution in [3.8, 4) is 0 Å². The first-order chi connectivity index (χ1) is 28.3. The first-order valence-corrected chi connectivity index (χ1v) is 24.1. The Bertz CT molecular complexity index is 1250. The molecule has 0 aliphatic rings. The van der Waals surface area contributed by atoms with Gasteiger partial charge in [0.05, 0.1) is 6.61 Å². The average Bonchev–Trinajstić information content (AvgIpc) is 3.20. The summed E-state index contributed by atoms with van der Waals surface area (Å²) >= 11 is 0. The van der Waals surface area contributed by atoms with Crippen molar-refractivity contribution in [3.05, 3.63) is 97.2 Å². The van der Waals surface area contributed by atoms with Crippen molar-refractivity contribution in [3.63, 3.8) is 0 Å². The van der Waals surface area contributed by atoms with E-state index in [9.17, 15) is 14.2 Å². The predicted octanol–water partition coefficient (Wildman–Crippen LogP) is 14.2. The molecule has 0 rings (SSSR count). The Hall–Kier alpha value is -3.03. The maximum Gasteiger partial charge on any atom is 0.469 e. The Morgan fingerprint density at radius 2 is 0.776 bits per heavy atom. The van der Waals surface area contributed by atoms with Gasteiger partial charge in [-0.1, -0.05) is 175 Å². The minimum atomic E-state index is -4.77. The number of phosphoric ester groups is 1. The second-order valence-corrected chi connectivity index (χ2v) is 15.8. The van der Waals surface area contributed by atoms with Crippen molar-refractivity contribution in [2.45, 2.75) is 187 Å². The largest absolute Gasteiger partial charge is 0.469 e. The molecule has 1 atom stereocenters. The second-order valence-electron chi connectivity index (χ2n) is 14.6. The molecule has 0 fully saturated rings. The molecule has 0 aromatic rings. The Labute approximate surface area is 354 Å². The number of rotatable bonds is 40. The Morgan fingerprint density at radius 3 is 1.16 bits per heavy atom. The first kappa shape index (κ1) is 55.0. The summed E-state index contributed by atoms with van der Waals surface area (Å²) in [6.45, 7) is 3.43. The fourth-order valence-electron chi connectivity index (χ4n) is 5.83. The maximum atomic E-state index is 12.4. The van der Waals surface area contributed by atoms with E-state index < -0.39 is 32.5 Å². The van der Waals surface area contributed by atoms with Gasteiger partial charge in [0.1, 0.15) is 6.61 Å². The van der Waals surface area contributed by atoms with Crippen LogP contribution in [0.15, 0.2) is 97.2 Å². The van der Waals surface area contributed by atoms with Crippen LogP contribution >= 0.6 is 7.82 Å². The standard InChI is InChI=1S/C49H81O8P/c1-3-5-7-9-11-13-15-17-19-21-22-23-24-25-26-28-30-32-34-36-38-40-42-44-49(51)57-47(46-56-58(52,53)54)45-55-48(50)43-41-39-37-35-33-31-29-27-20-18-16-14-12-10-8-6-4-2/h5-8,11-14,17-20,22-23,29,31,47H,3-4,9-10,15-16,21,24-28,30,32-46H2,1-2H3,(H2,52,53,54)/b7-5-,8-6-,13-11-,14-12-,19-17-,20-18-,23-22-,31-29-. The molecule has 0 amide bonds. The summed E-state index contributed by atoms with van der Waals surface area (Å²) in [5.74, 6) is -0.924. The molecule has 1 unspecified atom stereocenters. The van der Waals surface area contributed by atoms with Gasteiger partial charge in [0, 0.05) is 12.8 Å². The molecule has 58 heavy (non-hydrogen) atoms. The molecule has 0 saturated carbocycles. The molecule has 8 nitrogen and oxygen atoms in total. The summed E-state index contributed by atoms with van der Waals surface area (Å²) in [5, 5.41) is 0. The lowest BCUT2D eigenvalue weighted by Gasteiger charge is -2.18. The van der Waals surface area contributed by atoms with Gasteiger partial charge in [-0.15, -0.1) is 0 Å². The zero-order chi connectivity index (χ0) is 42.5. The number of esters is 2. The third-order valence-electron chi connectivity index (χ3n) is 9.10. The Kier molecular flexibility index (Phi) is 41.3. The van der Waals surface area contributed by atoms with Gasteiger partial charge < -0.3 is 19.3 Å². The second kappa shape index (κ2) is 43.5. The van der Waals surface area contributed by atoms with Gasteiger partial charge in [-0.3, -0.25) is 14.1 Å². The zero-order valence-electron chi connectivity index (χ0n) is 36.4. The molecule has 0 aromatic heterocycles. The third-order valence-corrected chi connectivity index (χ3v) is 9.58. The summed E-state index contributed by atoms with van der Waals surface area (Å²) in [4.78, 5) is 43.0. The molecule has 0 heterocycles. The number of unbranched alkanes of at least 4 members (excludes halogenated alkanes) is 14. The highest BCUT2D eigenvalue weighted by Gasteiger charge is 2.22. The molecule has 2 N–H and O–H groups in total. The van der Waals surface area contributed by atoms with E-state index in [-0.39, 0.29) is 19.4 Å². The van der Waals surface area contributed by atoms with E-state index in [4.69, 9.17) is 19.3 Å². The van der Waals surface area contributed by atoms with Crippen LogP contribution in [0, 0.1) is 0 Å². The van der Waals surface area contributed by atoms with Gasteiger partial charge in [-0.2, -0.15) is 0 Å². The molecular weight excluding hydrogens is 748 g/mol. The van der Waals surface area contributed by atoms with Crippen LogP contribution in [0.3, 0.4) is 0 Å². The molecule has 0 aromatic carbocycles. The van der Waals surface area contributed by atoms with Crippen molar-refractivity contribution in [1.82, 2.24) is 0 Å². The number of ether oxygens (including phenoxy) is 2. The minimum Gasteiger partial charge on any atom is -0.462 e. The lowest BCUT2D eigenvalue weighted by atomic mass is 10.0. The summed E-state index contributed by atoms with van der Waals surface area (Å²) < 4.78 is 26.4. The lowest BCUT2D eigenvalue weighted by molar-refractivity contribution is -0.161. The summed E-state index contributed by atoms with van der Waals surface area (Å²) in [5.41, 5.74) is 0. The van der Waals surface area contributed by atoms with Gasteiger partial charge in [0.15, 0.2) is 6.10 Å². The quantitative estimate of drug-likeness (QED) is 0.0271. The molecule has 0 aliphatic heterocycles. The predicted molar refractivity (Wildman–Crippen MR) is 243 cm³/mol. The Morgan fingerprint density at radius 1 is 0.448 bits per heavy atom. The topological polar surface area (TPSA) is 119 Å². The minimum absolute atomic E-state index is 0.195. The summed E-state index contributed by atoms with van der Waals surface area (Å²) in [7, 11) is -4.77. The van der Waals surface area contributed by atoms with E-state index in [1.807, 2.05) is 0 Å². The Balaban J connectivity index is 3.94. The van der Waals surface area contributed by atoms with E-state index in [0.29, 0.717) is 12.8 Å². The van der Waals surface area contributed by atoms with E-state index in [2.05, 4.69) is 116 Å². The molecule has 0 radical (unpaired) electrons. The summed E-state index contributed by atoms with van der Waals surface area (Å²) in [6, 6.07) is 0. The lowest BCUT2D eigenvalue weighted by Crippen LogP contribution is -2.29. The highest BCUT2D eigenvalue weighted by Crippen LogP contribution is 2.36. The van der Waals surface area contributed by atoms with Gasteiger partial charge in [-0.05, 0) is 89.9 Å². The number of allylic oxidation sites excluding steroid dienone is 16. The monoisotopic (exact) mass is 829 g/mol. The average molecular weight is 829 g/mol. The fourth-order valence-corrected chi connectivity index (χ4v) is 6.19. The van der Waals surface area contributed by atoms with Gasteiger partial charge in [0.2, 0.25) is 0 Å². The van der Waals surface area contributed by atoms with Crippen molar-refractivity contribution < 1.29 is 37.9 Å². The fraction of sp³-hybridized carbons (Fsp3) is 0.633. The first-order valence-electron chi connectivity index (χ1n) is 22.5.